The fourth-order valence-corrected chi connectivity index (χ4v) is 0.238. The van der Waals surface area contributed by atoms with Crippen LogP contribution < -0.4 is 0 Å². The van der Waals surface area contributed by atoms with E-state index in [1.54, 1.807) is 0 Å². The lowest BCUT2D eigenvalue weighted by atomic mass is 10.7. The Morgan fingerprint density at radius 1 is 1.88 bits per heavy atom. The lowest BCUT2D eigenvalue weighted by Crippen LogP contribution is -2.04. The molecule has 0 atom stereocenters. The molecule has 0 bridgehead atoms. The number of alkyl halides is 1. The van der Waals surface area contributed by atoms with E-state index < -0.39 is 5.97 Å². The molecule has 0 rings (SSSR count). The Bertz CT molecular complexity index is 114. The fraction of sp³-hybridized carbons (Fsp3) is 0.400. The summed E-state index contributed by atoms with van der Waals surface area (Å²) in [5.41, 5.74) is 0. The molecule has 0 radical (unpaired) electrons. The number of ether oxygens (including phenoxy) is 1. The molecule has 0 aromatic carbocycles. The third-order valence-electron chi connectivity index (χ3n) is 0.426. The number of rotatable bonds is 2. The summed E-state index contributed by atoms with van der Waals surface area (Å²) in [6.07, 6.45) is 4.76. The summed E-state index contributed by atoms with van der Waals surface area (Å²) in [7, 11) is 0. The smallest absolute Gasteiger partial charge is 0.321 e. The molecule has 0 saturated heterocycles. The van der Waals surface area contributed by atoms with Gasteiger partial charge in [0.1, 0.15) is 5.88 Å². The minimum atomic E-state index is -0.482. The van der Waals surface area contributed by atoms with Gasteiger partial charge < -0.3 is 4.74 Å². The number of hydrogen-bond donors (Lipinski definition) is 0. The number of carbonyl (C=O) groups is 1. The molecule has 44 valence electrons. The van der Waals surface area contributed by atoms with E-state index in [4.69, 9.17) is 18.0 Å². The number of halogens is 1. The lowest BCUT2D eigenvalue weighted by molar-refractivity contribution is -0.139. The molecule has 0 aliphatic rings. The van der Waals surface area contributed by atoms with Crippen molar-refractivity contribution in [2.45, 2.75) is 0 Å². The molecular formula is C5H5ClO2. The maximum atomic E-state index is 10.1. The minimum absolute atomic E-state index is 0.00551. The van der Waals surface area contributed by atoms with Crippen LogP contribution in [0, 0.1) is 12.3 Å². The van der Waals surface area contributed by atoms with Gasteiger partial charge in [-0.05, 0) is 0 Å². The summed E-state index contributed by atoms with van der Waals surface area (Å²) in [6.45, 7) is 0.00551. The molecule has 0 spiro atoms. The van der Waals surface area contributed by atoms with Gasteiger partial charge in [0.05, 0.1) is 0 Å². The number of terminal acetylenes is 1. The quantitative estimate of drug-likeness (QED) is 0.309. The van der Waals surface area contributed by atoms with Gasteiger partial charge in [0, 0.05) is 0 Å². The molecule has 0 aliphatic heterocycles. The summed E-state index contributed by atoms with van der Waals surface area (Å²) in [6, 6.07) is 0. The Balaban J connectivity index is 3.15. The second kappa shape index (κ2) is 4.48. The molecule has 0 aliphatic carbocycles. The Morgan fingerprint density at radius 3 is 2.88 bits per heavy atom. The van der Waals surface area contributed by atoms with Crippen molar-refractivity contribution >= 4 is 17.6 Å². The second-order valence-corrected chi connectivity index (χ2v) is 1.27. The Kier molecular flexibility index (Phi) is 4.10. The second-order valence-electron chi connectivity index (χ2n) is 0.998. The van der Waals surface area contributed by atoms with Gasteiger partial charge in [0.25, 0.3) is 0 Å². The molecule has 0 aromatic rings. The highest BCUT2D eigenvalue weighted by atomic mass is 35.5. The van der Waals surface area contributed by atoms with Crippen LogP contribution in [0.25, 0.3) is 0 Å². The highest BCUT2D eigenvalue weighted by Crippen LogP contribution is 1.79. The first kappa shape index (κ1) is 7.32. The first-order chi connectivity index (χ1) is 3.81. The summed E-state index contributed by atoms with van der Waals surface area (Å²) in [5, 5.41) is 0. The standard InChI is InChI=1S/C5H5ClO2/c1-2-3-8-5(7)4-6/h1H,3-4H2. The molecular weight excluding hydrogens is 128 g/mol. The van der Waals surface area contributed by atoms with Crippen LogP contribution in [0.5, 0.6) is 0 Å². The van der Waals surface area contributed by atoms with Crippen molar-refractivity contribution in [2.75, 3.05) is 12.5 Å². The molecule has 0 fully saturated rings. The molecule has 0 unspecified atom stereocenters. The average molecular weight is 133 g/mol. The summed E-state index contributed by atoms with van der Waals surface area (Å²) in [5.74, 6) is 1.51. The molecule has 3 heteroatoms. The summed E-state index contributed by atoms with van der Waals surface area (Å²) in [4.78, 5) is 10.1. The first-order valence-corrected chi connectivity index (χ1v) is 2.49. The van der Waals surface area contributed by atoms with E-state index in [9.17, 15) is 4.79 Å². The zero-order valence-electron chi connectivity index (χ0n) is 4.19. The van der Waals surface area contributed by atoms with Crippen LogP contribution in [0.3, 0.4) is 0 Å². The molecule has 0 N–H and O–H groups in total. The number of hydrogen-bond acceptors (Lipinski definition) is 2. The average Bonchev–Trinajstić information content (AvgIpc) is 1.83. The van der Waals surface area contributed by atoms with E-state index in [-0.39, 0.29) is 12.5 Å². The Morgan fingerprint density at radius 2 is 2.50 bits per heavy atom. The molecule has 8 heavy (non-hydrogen) atoms. The van der Waals surface area contributed by atoms with Crippen LogP contribution in [0.1, 0.15) is 0 Å². The fourth-order valence-electron chi connectivity index (χ4n) is 0.161. The van der Waals surface area contributed by atoms with Crippen molar-refractivity contribution < 1.29 is 9.53 Å². The number of esters is 1. The molecule has 2 nitrogen and oxygen atoms in total. The van der Waals surface area contributed by atoms with Crippen molar-refractivity contribution in [1.82, 2.24) is 0 Å². The molecule has 0 heterocycles. The predicted octanol–water partition coefficient (Wildman–Crippen LogP) is 0.402. The van der Waals surface area contributed by atoms with Gasteiger partial charge in [-0.25, -0.2) is 0 Å². The highest BCUT2D eigenvalue weighted by Gasteiger charge is 1.94. The largest absolute Gasteiger partial charge is 0.452 e. The van der Waals surface area contributed by atoms with Crippen molar-refractivity contribution in [3.8, 4) is 12.3 Å². The SMILES string of the molecule is C#CCOC(=O)CCl. The minimum Gasteiger partial charge on any atom is -0.452 e. The van der Waals surface area contributed by atoms with E-state index in [2.05, 4.69) is 10.7 Å². The van der Waals surface area contributed by atoms with E-state index in [1.807, 2.05) is 0 Å². The van der Waals surface area contributed by atoms with Crippen LogP contribution in [0.2, 0.25) is 0 Å². The zero-order valence-corrected chi connectivity index (χ0v) is 4.94. The maximum Gasteiger partial charge on any atom is 0.321 e. The van der Waals surface area contributed by atoms with Crippen molar-refractivity contribution in [3.05, 3.63) is 0 Å². The van der Waals surface area contributed by atoms with Crippen LogP contribution in [-0.2, 0) is 9.53 Å². The van der Waals surface area contributed by atoms with Crippen molar-refractivity contribution in [2.24, 2.45) is 0 Å². The van der Waals surface area contributed by atoms with Gasteiger partial charge in [-0.1, -0.05) is 5.92 Å². The third-order valence-corrected chi connectivity index (χ3v) is 0.644. The monoisotopic (exact) mass is 132 g/mol. The van der Waals surface area contributed by atoms with E-state index in [1.165, 1.54) is 0 Å². The van der Waals surface area contributed by atoms with E-state index in [0.29, 0.717) is 0 Å². The maximum absolute atomic E-state index is 10.1. The van der Waals surface area contributed by atoms with Gasteiger partial charge in [-0.2, -0.15) is 0 Å². The zero-order chi connectivity index (χ0) is 6.41. The Labute approximate surface area is 52.8 Å². The van der Waals surface area contributed by atoms with Gasteiger partial charge in [0.2, 0.25) is 0 Å². The molecule has 0 aromatic heterocycles. The van der Waals surface area contributed by atoms with Crippen LogP contribution in [-0.4, -0.2) is 18.5 Å². The van der Waals surface area contributed by atoms with Crippen molar-refractivity contribution in [3.63, 3.8) is 0 Å². The molecule has 0 saturated carbocycles. The van der Waals surface area contributed by atoms with Gasteiger partial charge in [0.15, 0.2) is 6.61 Å². The van der Waals surface area contributed by atoms with Crippen LogP contribution in [0.15, 0.2) is 0 Å². The molecule has 0 amide bonds. The highest BCUT2D eigenvalue weighted by molar-refractivity contribution is 6.26. The first-order valence-electron chi connectivity index (χ1n) is 1.96. The lowest BCUT2D eigenvalue weighted by Gasteiger charge is -1.92. The number of carbonyl (C=O) groups excluding carboxylic acids is 1. The van der Waals surface area contributed by atoms with E-state index >= 15 is 0 Å². The summed E-state index contributed by atoms with van der Waals surface area (Å²) < 4.78 is 4.33. The Hall–Kier alpha value is -0.680. The van der Waals surface area contributed by atoms with Gasteiger partial charge in [-0.3, -0.25) is 4.79 Å². The van der Waals surface area contributed by atoms with Gasteiger partial charge in [-0.15, -0.1) is 18.0 Å². The van der Waals surface area contributed by atoms with Gasteiger partial charge >= 0.3 is 5.97 Å². The topological polar surface area (TPSA) is 26.3 Å². The van der Waals surface area contributed by atoms with E-state index in [0.717, 1.165) is 0 Å². The third kappa shape index (κ3) is 3.51. The summed E-state index contributed by atoms with van der Waals surface area (Å²) >= 11 is 5.04. The van der Waals surface area contributed by atoms with Crippen LogP contribution >= 0.6 is 11.6 Å². The van der Waals surface area contributed by atoms with Crippen molar-refractivity contribution in [1.29, 1.82) is 0 Å². The predicted molar refractivity (Wildman–Crippen MR) is 30.5 cm³/mol. The van der Waals surface area contributed by atoms with Crippen LogP contribution in [0.4, 0.5) is 0 Å². The normalized spacial score (nSPS) is 7.50.